The molecule has 0 aromatic heterocycles. The van der Waals surface area contributed by atoms with Gasteiger partial charge in [-0.3, -0.25) is 4.79 Å². The molecule has 0 aliphatic heterocycles. The van der Waals surface area contributed by atoms with E-state index >= 15 is 0 Å². The Labute approximate surface area is 151 Å². The molecule has 0 unspecified atom stereocenters. The number of phenolic OH excluding ortho intramolecular Hbond substituents is 1. The van der Waals surface area contributed by atoms with Gasteiger partial charge in [-0.25, -0.2) is 0 Å². The maximum absolute atomic E-state index is 11.6. The van der Waals surface area contributed by atoms with Gasteiger partial charge in [-0.2, -0.15) is 0 Å². The number of rotatable bonds is 5. The third-order valence-electron chi connectivity index (χ3n) is 6.16. The first-order chi connectivity index (χ1) is 12.2. The predicted molar refractivity (Wildman–Crippen MR) is 100 cm³/mol. The Morgan fingerprint density at radius 3 is 1.88 bits per heavy atom. The zero-order valence-electron chi connectivity index (χ0n) is 15.6. The molecule has 1 aromatic rings. The van der Waals surface area contributed by atoms with Gasteiger partial charge in [-0.05, 0) is 60.6 Å². The van der Waals surface area contributed by atoms with Crippen LogP contribution in [0.5, 0.6) is 5.75 Å². The molecule has 0 radical (unpaired) electrons. The van der Waals surface area contributed by atoms with Crippen molar-refractivity contribution in [3.8, 4) is 5.75 Å². The molecule has 0 amide bonds. The van der Waals surface area contributed by atoms with E-state index < -0.39 is 0 Å². The number of hydrogen-bond donors (Lipinski definition) is 1. The first-order valence-corrected chi connectivity index (χ1v) is 10.1. The largest absolute Gasteiger partial charge is 0.507 e. The standard InChI is InChI=1S/C22H32O3/c1-25-21(23)13-12-16-14-19(17-8-4-2-5-9-17)22(24)20(15-16)18-10-6-3-7-11-18/h14-15,17-18,24H,2-13H2,1H3. The van der Waals surface area contributed by atoms with Crippen molar-refractivity contribution in [3.63, 3.8) is 0 Å². The first-order valence-electron chi connectivity index (χ1n) is 10.1. The minimum Gasteiger partial charge on any atom is -0.507 e. The third-order valence-corrected chi connectivity index (χ3v) is 6.16. The van der Waals surface area contributed by atoms with Gasteiger partial charge >= 0.3 is 5.97 Å². The van der Waals surface area contributed by atoms with Crippen LogP contribution < -0.4 is 0 Å². The van der Waals surface area contributed by atoms with Gasteiger partial charge in [0.2, 0.25) is 0 Å². The maximum Gasteiger partial charge on any atom is 0.305 e. The molecule has 3 heteroatoms. The van der Waals surface area contributed by atoms with Crippen LogP contribution in [-0.4, -0.2) is 18.2 Å². The average Bonchev–Trinajstić information content (AvgIpc) is 2.68. The quantitative estimate of drug-likeness (QED) is 0.708. The van der Waals surface area contributed by atoms with Crippen LogP contribution in [0.25, 0.3) is 0 Å². The summed E-state index contributed by atoms with van der Waals surface area (Å²) in [5.74, 6) is 1.36. The van der Waals surface area contributed by atoms with Gasteiger partial charge in [-0.1, -0.05) is 50.7 Å². The minimum absolute atomic E-state index is 0.161. The molecule has 1 N–H and O–H groups in total. The molecular formula is C22H32O3. The second-order valence-corrected chi connectivity index (χ2v) is 7.87. The van der Waals surface area contributed by atoms with E-state index in [1.807, 2.05) is 0 Å². The van der Waals surface area contributed by atoms with Crippen molar-refractivity contribution in [1.29, 1.82) is 0 Å². The highest BCUT2D eigenvalue weighted by molar-refractivity contribution is 5.69. The third kappa shape index (κ3) is 4.56. The van der Waals surface area contributed by atoms with Gasteiger partial charge in [0, 0.05) is 6.42 Å². The number of carbonyl (C=O) groups is 1. The minimum atomic E-state index is -0.161. The molecule has 25 heavy (non-hydrogen) atoms. The summed E-state index contributed by atoms with van der Waals surface area (Å²) in [6, 6.07) is 4.33. The van der Waals surface area contributed by atoms with E-state index in [0.29, 0.717) is 30.4 Å². The van der Waals surface area contributed by atoms with Crippen molar-refractivity contribution in [2.24, 2.45) is 0 Å². The fourth-order valence-corrected chi connectivity index (χ4v) is 4.69. The van der Waals surface area contributed by atoms with E-state index in [2.05, 4.69) is 12.1 Å². The molecular weight excluding hydrogens is 312 g/mol. The first kappa shape index (κ1) is 18.3. The molecule has 0 spiro atoms. The monoisotopic (exact) mass is 344 g/mol. The van der Waals surface area contributed by atoms with Crippen LogP contribution in [0.15, 0.2) is 12.1 Å². The summed E-state index contributed by atoms with van der Waals surface area (Å²) < 4.78 is 4.80. The molecule has 2 fully saturated rings. The molecule has 1 aromatic carbocycles. The zero-order valence-corrected chi connectivity index (χ0v) is 15.6. The SMILES string of the molecule is COC(=O)CCc1cc(C2CCCCC2)c(O)c(C2CCCCC2)c1. The fourth-order valence-electron chi connectivity index (χ4n) is 4.69. The van der Waals surface area contributed by atoms with Gasteiger partial charge < -0.3 is 9.84 Å². The van der Waals surface area contributed by atoms with Crippen molar-refractivity contribution < 1.29 is 14.6 Å². The lowest BCUT2D eigenvalue weighted by Gasteiger charge is -2.28. The van der Waals surface area contributed by atoms with Crippen LogP contribution in [0.3, 0.4) is 0 Å². The zero-order chi connectivity index (χ0) is 17.6. The number of carbonyl (C=O) groups excluding carboxylic acids is 1. The van der Waals surface area contributed by atoms with E-state index in [1.165, 1.54) is 76.9 Å². The molecule has 2 saturated carbocycles. The van der Waals surface area contributed by atoms with Crippen LogP contribution in [-0.2, 0) is 16.0 Å². The summed E-state index contributed by atoms with van der Waals surface area (Å²) in [5, 5.41) is 11.0. The van der Waals surface area contributed by atoms with E-state index in [1.54, 1.807) is 0 Å². The van der Waals surface area contributed by atoms with E-state index in [-0.39, 0.29) is 5.97 Å². The van der Waals surface area contributed by atoms with E-state index in [4.69, 9.17) is 4.74 Å². The van der Waals surface area contributed by atoms with Crippen LogP contribution in [0.4, 0.5) is 0 Å². The summed E-state index contributed by atoms with van der Waals surface area (Å²) >= 11 is 0. The van der Waals surface area contributed by atoms with E-state index in [0.717, 1.165) is 11.1 Å². The fraction of sp³-hybridized carbons (Fsp3) is 0.682. The van der Waals surface area contributed by atoms with Crippen molar-refractivity contribution >= 4 is 5.97 Å². The number of phenols is 1. The van der Waals surface area contributed by atoms with E-state index in [9.17, 15) is 9.90 Å². The Bertz CT molecular complexity index is 542. The number of benzene rings is 1. The number of methoxy groups -OCH3 is 1. The highest BCUT2D eigenvalue weighted by Gasteiger charge is 2.25. The highest BCUT2D eigenvalue weighted by atomic mass is 16.5. The Hall–Kier alpha value is -1.51. The summed E-state index contributed by atoms with van der Waals surface area (Å²) in [7, 11) is 1.44. The summed E-state index contributed by atoms with van der Waals surface area (Å²) in [5.41, 5.74) is 3.47. The molecule has 0 atom stereocenters. The van der Waals surface area contributed by atoms with Crippen LogP contribution in [0, 0.1) is 0 Å². The lowest BCUT2D eigenvalue weighted by atomic mass is 9.78. The second kappa shape index (κ2) is 8.73. The summed E-state index contributed by atoms with van der Waals surface area (Å²) in [6.07, 6.45) is 13.5. The molecule has 0 bridgehead atoms. The van der Waals surface area contributed by atoms with Crippen LogP contribution >= 0.6 is 0 Å². The van der Waals surface area contributed by atoms with Crippen molar-refractivity contribution in [2.45, 2.75) is 88.9 Å². The lowest BCUT2D eigenvalue weighted by Crippen LogP contribution is -2.11. The molecule has 3 nitrogen and oxygen atoms in total. The Morgan fingerprint density at radius 2 is 1.44 bits per heavy atom. The van der Waals surface area contributed by atoms with Gasteiger partial charge in [0.05, 0.1) is 7.11 Å². The number of hydrogen-bond acceptors (Lipinski definition) is 3. The van der Waals surface area contributed by atoms with Gasteiger partial charge in [0.1, 0.15) is 5.75 Å². The molecule has 138 valence electrons. The predicted octanol–water partition coefficient (Wildman–Crippen LogP) is 5.59. The van der Waals surface area contributed by atoms with Gasteiger partial charge in [0.25, 0.3) is 0 Å². The molecule has 0 saturated heterocycles. The van der Waals surface area contributed by atoms with Crippen LogP contribution in [0.1, 0.15) is 99.2 Å². The second-order valence-electron chi connectivity index (χ2n) is 7.87. The van der Waals surface area contributed by atoms with Crippen molar-refractivity contribution in [2.75, 3.05) is 7.11 Å². The Kier molecular flexibility index (Phi) is 6.39. The molecule has 0 heterocycles. The maximum atomic E-state index is 11.6. The Balaban J connectivity index is 1.89. The molecule has 2 aliphatic rings. The number of ether oxygens (including phenoxy) is 1. The number of aryl methyl sites for hydroxylation is 1. The lowest BCUT2D eigenvalue weighted by molar-refractivity contribution is -0.140. The number of aromatic hydroxyl groups is 1. The topological polar surface area (TPSA) is 46.5 Å². The van der Waals surface area contributed by atoms with Crippen molar-refractivity contribution in [1.82, 2.24) is 0 Å². The normalized spacial score (nSPS) is 19.7. The van der Waals surface area contributed by atoms with Gasteiger partial charge in [-0.15, -0.1) is 0 Å². The Morgan fingerprint density at radius 1 is 0.960 bits per heavy atom. The van der Waals surface area contributed by atoms with Crippen LogP contribution in [0.2, 0.25) is 0 Å². The summed E-state index contributed by atoms with van der Waals surface area (Å²) in [4.78, 5) is 11.6. The van der Waals surface area contributed by atoms with Crippen molar-refractivity contribution in [3.05, 3.63) is 28.8 Å². The van der Waals surface area contributed by atoms with Gasteiger partial charge in [0.15, 0.2) is 0 Å². The summed E-state index contributed by atoms with van der Waals surface area (Å²) in [6.45, 7) is 0. The average molecular weight is 344 g/mol. The highest BCUT2D eigenvalue weighted by Crippen LogP contribution is 2.44. The molecule has 3 rings (SSSR count). The number of esters is 1. The smallest absolute Gasteiger partial charge is 0.305 e. The molecule has 2 aliphatic carbocycles.